The van der Waals surface area contributed by atoms with E-state index in [4.69, 9.17) is 4.74 Å². The molecule has 0 aromatic carbocycles. The van der Waals surface area contributed by atoms with Gasteiger partial charge in [-0.1, -0.05) is 20.8 Å². The Morgan fingerprint density at radius 2 is 2.17 bits per heavy atom. The first kappa shape index (κ1) is 18.2. The van der Waals surface area contributed by atoms with Gasteiger partial charge in [0.15, 0.2) is 4.80 Å². The number of amides is 2. The minimum absolute atomic E-state index is 0.0140. The maximum absolute atomic E-state index is 12.3. The van der Waals surface area contributed by atoms with Crippen molar-refractivity contribution in [3.8, 4) is 0 Å². The van der Waals surface area contributed by atoms with Gasteiger partial charge in [0.1, 0.15) is 0 Å². The molecule has 0 bridgehead atoms. The van der Waals surface area contributed by atoms with E-state index in [2.05, 4.69) is 49.5 Å². The van der Waals surface area contributed by atoms with Crippen molar-refractivity contribution >= 4 is 17.4 Å². The van der Waals surface area contributed by atoms with Gasteiger partial charge in [0.2, 0.25) is 0 Å². The number of urea groups is 1. The normalized spacial score (nSPS) is 20.8. The molecule has 5 nitrogen and oxygen atoms in total. The van der Waals surface area contributed by atoms with Crippen LogP contribution in [0.1, 0.15) is 51.1 Å². The molecule has 0 saturated carbocycles. The van der Waals surface area contributed by atoms with Gasteiger partial charge >= 0.3 is 6.03 Å². The predicted octanol–water partition coefficient (Wildman–Crippen LogP) is 3.39. The lowest BCUT2D eigenvalue weighted by molar-refractivity contribution is 0.0958. The van der Waals surface area contributed by atoms with Gasteiger partial charge < -0.3 is 14.6 Å². The summed E-state index contributed by atoms with van der Waals surface area (Å²) in [7, 11) is 0. The van der Waals surface area contributed by atoms with Crippen LogP contribution in [-0.4, -0.2) is 29.4 Å². The lowest BCUT2D eigenvalue weighted by Crippen LogP contribution is -2.41. The molecule has 0 radical (unpaired) electrons. The number of hydrogen-bond acceptors (Lipinski definition) is 3. The highest BCUT2D eigenvalue weighted by atomic mass is 32.1. The standard InChI is InChI=1S/C17H29N3O2S/c1-11-12(2)23-16(20(11)10-14-8-7-9-22-14)19-15(21)18-13(3)17(4,5)6/h13-14H,7-10H2,1-6H3,(H,18,21)/b19-16-/t13-,14?/m0/s1. The van der Waals surface area contributed by atoms with Crippen molar-refractivity contribution in [2.45, 2.75) is 73.1 Å². The van der Waals surface area contributed by atoms with Crippen molar-refractivity contribution < 1.29 is 9.53 Å². The van der Waals surface area contributed by atoms with Gasteiger partial charge in [-0.25, -0.2) is 4.79 Å². The zero-order valence-corrected chi connectivity index (χ0v) is 15.9. The molecule has 23 heavy (non-hydrogen) atoms. The third-order valence-electron chi connectivity index (χ3n) is 4.64. The fraction of sp³-hybridized carbons (Fsp3) is 0.765. The van der Waals surface area contributed by atoms with E-state index in [0.29, 0.717) is 0 Å². The summed E-state index contributed by atoms with van der Waals surface area (Å²) in [6, 6.07) is -0.206. The molecular weight excluding hydrogens is 310 g/mol. The maximum Gasteiger partial charge on any atom is 0.343 e. The second kappa shape index (κ2) is 7.18. The molecule has 2 atom stereocenters. The largest absolute Gasteiger partial charge is 0.376 e. The number of aryl methyl sites for hydroxylation is 1. The van der Waals surface area contributed by atoms with E-state index in [1.807, 2.05) is 6.92 Å². The van der Waals surface area contributed by atoms with Gasteiger partial charge in [0.25, 0.3) is 0 Å². The van der Waals surface area contributed by atoms with Crippen LogP contribution in [-0.2, 0) is 11.3 Å². The molecule has 1 N–H and O–H groups in total. The van der Waals surface area contributed by atoms with E-state index in [1.54, 1.807) is 11.3 Å². The van der Waals surface area contributed by atoms with Gasteiger partial charge in [-0.05, 0) is 39.0 Å². The molecule has 1 unspecified atom stereocenters. The van der Waals surface area contributed by atoms with Crippen LogP contribution in [0.3, 0.4) is 0 Å². The molecule has 130 valence electrons. The number of carbonyl (C=O) groups excluding carboxylic acids is 1. The third-order valence-corrected chi connectivity index (χ3v) is 5.73. The number of nitrogens with one attached hydrogen (secondary N) is 1. The molecule has 0 aliphatic carbocycles. The maximum atomic E-state index is 12.3. The van der Waals surface area contributed by atoms with Gasteiger partial charge in [0, 0.05) is 23.2 Å². The van der Waals surface area contributed by atoms with E-state index in [-0.39, 0.29) is 23.6 Å². The van der Waals surface area contributed by atoms with Crippen LogP contribution in [0.15, 0.2) is 4.99 Å². The Labute approximate surface area is 142 Å². The second-order valence-corrected chi connectivity index (χ2v) is 8.60. The molecule has 1 aromatic heterocycles. The quantitative estimate of drug-likeness (QED) is 0.918. The molecule has 2 rings (SSSR count). The average molecular weight is 340 g/mol. The Bertz CT molecular complexity index is 619. The topological polar surface area (TPSA) is 55.6 Å². The van der Waals surface area contributed by atoms with Crippen molar-refractivity contribution in [1.29, 1.82) is 0 Å². The second-order valence-electron chi connectivity index (χ2n) is 7.42. The van der Waals surface area contributed by atoms with Crippen LogP contribution in [0, 0.1) is 19.3 Å². The lowest BCUT2D eigenvalue weighted by Gasteiger charge is -2.27. The van der Waals surface area contributed by atoms with Crippen molar-refractivity contribution in [3.63, 3.8) is 0 Å². The number of hydrogen-bond donors (Lipinski definition) is 1. The highest BCUT2D eigenvalue weighted by Crippen LogP contribution is 2.19. The fourth-order valence-electron chi connectivity index (χ4n) is 2.41. The Hall–Kier alpha value is -1.14. The average Bonchev–Trinajstić information content (AvgIpc) is 3.02. The first-order valence-corrected chi connectivity index (χ1v) is 9.14. The number of thiazole rings is 1. The first-order chi connectivity index (χ1) is 10.7. The molecule has 1 aliphatic heterocycles. The first-order valence-electron chi connectivity index (χ1n) is 8.32. The number of aromatic nitrogens is 1. The smallest absolute Gasteiger partial charge is 0.343 e. The number of ether oxygens (including phenoxy) is 1. The molecule has 6 heteroatoms. The Morgan fingerprint density at radius 3 is 2.74 bits per heavy atom. The van der Waals surface area contributed by atoms with E-state index in [1.165, 1.54) is 10.6 Å². The van der Waals surface area contributed by atoms with Crippen LogP contribution in [0.5, 0.6) is 0 Å². The summed E-state index contributed by atoms with van der Waals surface area (Å²) in [5.74, 6) is 0. The summed E-state index contributed by atoms with van der Waals surface area (Å²) in [5, 5.41) is 2.97. The highest BCUT2D eigenvalue weighted by molar-refractivity contribution is 7.09. The fourth-order valence-corrected chi connectivity index (χ4v) is 3.39. The Balaban J connectivity index is 2.20. The van der Waals surface area contributed by atoms with Crippen molar-refractivity contribution in [1.82, 2.24) is 9.88 Å². The van der Waals surface area contributed by atoms with Crippen LogP contribution in [0.4, 0.5) is 4.79 Å². The summed E-state index contributed by atoms with van der Waals surface area (Å²) >= 11 is 1.57. The molecule has 1 saturated heterocycles. The molecule has 1 aromatic rings. The van der Waals surface area contributed by atoms with E-state index < -0.39 is 0 Å². The summed E-state index contributed by atoms with van der Waals surface area (Å²) in [5.41, 5.74) is 1.18. The van der Waals surface area contributed by atoms with Gasteiger partial charge in [-0.2, -0.15) is 4.99 Å². The monoisotopic (exact) mass is 339 g/mol. The zero-order chi connectivity index (χ0) is 17.2. The zero-order valence-electron chi connectivity index (χ0n) is 15.1. The summed E-state index contributed by atoms with van der Waals surface area (Å²) in [6.45, 7) is 14.1. The van der Waals surface area contributed by atoms with Gasteiger partial charge in [-0.15, -0.1) is 11.3 Å². The summed E-state index contributed by atoms with van der Waals surface area (Å²) < 4.78 is 7.85. The molecule has 1 aliphatic rings. The van der Waals surface area contributed by atoms with Crippen LogP contribution in [0.25, 0.3) is 0 Å². The van der Waals surface area contributed by atoms with Crippen molar-refractivity contribution in [2.24, 2.45) is 10.4 Å². The van der Waals surface area contributed by atoms with Crippen molar-refractivity contribution in [3.05, 3.63) is 15.4 Å². The number of carbonyl (C=O) groups is 1. The van der Waals surface area contributed by atoms with E-state index in [0.717, 1.165) is 30.8 Å². The van der Waals surface area contributed by atoms with Crippen molar-refractivity contribution in [2.75, 3.05) is 6.61 Å². The van der Waals surface area contributed by atoms with Crippen LogP contribution in [0.2, 0.25) is 0 Å². The molecular formula is C17H29N3O2S. The van der Waals surface area contributed by atoms with Crippen LogP contribution < -0.4 is 10.1 Å². The Kier molecular flexibility index (Phi) is 5.68. The molecule has 0 spiro atoms. The predicted molar refractivity (Wildman–Crippen MR) is 93.8 cm³/mol. The Morgan fingerprint density at radius 1 is 1.48 bits per heavy atom. The van der Waals surface area contributed by atoms with Gasteiger partial charge in [0.05, 0.1) is 12.6 Å². The SMILES string of the molecule is Cc1s/c(=N\C(=O)N[C@@H](C)C(C)(C)C)n(CC2CCCO2)c1C. The molecule has 2 heterocycles. The summed E-state index contributed by atoms with van der Waals surface area (Å²) in [4.78, 5) is 18.5. The number of nitrogens with zero attached hydrogens (tertiary/aromatic N) is 2. The minimum atomic E-state index is -0.269. The molecule has 2 amide bonds. The molecule has 1 fully saturated rings. The van der Waals surface area contributed by atoms with E-state index >= 15 is 0 Å². The summed E-state index contributed by atoms with van der Waals surface area (Å²) in [6.07, 6.45) is 2.43. The lowest BCUT2D eigenvalue weighted by atomic mass is 9.88. The van der Waals surface area contributed by atoms with Crippen LogP contribution >= 0.6 is 11.3 Å². The van der Waals surface area contributed by atoms with Gasteiger partial charge in [-0.3, -0.25) is 0 Å². The third kappa shape index (κ3) is 4.67. The highest BCUT2D eigenvalue weighted by Gasteiger charge is 2.22. The number of rotatable bonds is 3. The minimum Gasteiger partial charge on any atom is -0.376 e. The van der Waals surface area contributed by atoms with E-state index in [9.17, 15) is 4.79 Å².